The van der Waals surface area contributed by atoms with Crippen LogP contribution in [0.15, 0.2) is 24.3 Å². The number of rotatable bonds is 6. The van der Waals surface area contributed by atoms with Crippen molar-refractivity contribution >= 4 is 0 Å². The van der Waals surface area contributed by atoms with Gasteiger partial charge in [-0.1, -0.05) is 38.5 Å². The second-order valence-corrected chi connectivity index (χ2v) is 3.79. The van der Waals surface area contributed by atoms with Gasteiger partial charge < -0.3 is 5.32 Å². The molecule has 1 aromatic rings. The molecular formula is C13H20FN. The first kappa shape index (κ1) is 12.2. The number of hydrogen-bond donors (Lipinski definition) is 1. The summed E-state index contributed by atoms with van der Waals surface area (Å²) >= 11 is 0. The highest BCUT2D eigenvalue weighted by atomic mass is 19.1. The second-order valence-electron chi connectivity index (χ2n) is 3.79. The molecule has 1 N–H and O–H groups in total. The summed E-state index contributed by atoms with van der Waals surface area (Å²) in [5.74, 6) is -0.103. The minimum Gasteiger partial charge on any atom is -0.310 e. The quantitative estimate of drug-likeness (QED) is 0.705. The van der Waals surface area contributed by atoms with Gasteiger partial charge in [-0.05, 0) is 25.5 Å². The third-order valence-electron chi connectivity index (χ3n) is 2.61. The van der Waals surface area contributed by atoms with Crippen molar-refractivity contribution in [2.45, 2.75) is 39.2 Å². The molecule has 1 nitrogen and oxygen atoms in total. The highest BCUT2D eigenvalue weighted by molar-refractivity contribution is 5.20. The first-order chi connectivity index (χ1) is 7.29. The number of nitrogens with one attached hydrogen (secondary N) is 1. The molecule has 0 saturated carbocycles. The maximum Gasteiger partial charge on any atom is 0.127 e. The van der Waals surface area contributed by atoms with Gasteiger partial charge in [0.05, 0.1) is 0 Å². The molecule has 0 radical (unpaired) electrons. The predicted octanol–water partition coefficient (Wildman–Crippen LogP) is 3.67. The van der Waals surface area contributed by atoms with Crippen molar-refractivity contribution in [3.63, 3.8) is 0 Å². The Morgan fingerprint density at radius 1 is 1.27 bits per heavy atom. The Balaban J connectivity index is 2.61. The van der Waals surface area contributed by atoms with E-state index in [1.807, 2.05) is 12.1 Å². The molecule has 1 unspecified atom stereocenters. The van der Waals surface area contributed by atoms with E-state index < -0.39 is 0 Å². The minimum atomic E-state index is -0.103. The molecule has 15 heavy (non-hydrogen) atoms. The van der Waals surface area contributed by atoms with Crippen LogP contribution in [-0.4, -0.2) is 6.54 Å². The van der Waals surface area contributed by atoms with Crippen molar-refractivity contribution in [2.24, 2.45) is 0 Å². The Kier molecular flexibility index (Phi) is 5.33. The molecule has 0 fully saturated rings. The molecule has 0 aromatic heterocycles. The summed E-state index contributed by atoms with van der Waals surface area (Å²) in [7, 11) is 0. The fourth-order valence-electron chi connectivity index (χ4n) is 1.68. The van der Waals surface area contributed by atoms with Gasteiger partial charge in [-0.25, -0.2) is 4.39 Å². The lowest BCUT2D eigenvalue weighted by molar-refractivity contribution is 0.481. The molecule has 84 valence electrons. The summed E-state index contributed by atoms with van der Waals surface area (Å²) in [6.07, 6.45) is 3.23. The van der Waals surface area contributed by atoms with Crippen LogP contribution in [0.1, 0.15) is 44.7 Å². The van der Waals surface area contributed by atoms with Gasteiger partial charge in [0, 0.05) is 11.6 Å². The molecule has 0 aliphatic rings. The molecule has 1 atom stereocenters. The third-order valence-corrected chi connectivity index (χ3v) is 2.61. The summed E-state index contributed by atoms with van der Waals surface area (Å²) < 4.78 is 13.5. The fourth-order valence-corrected chi connectivity index (χ4v) is 1.68. The van der Waals surface area contributed by atoms with Gasteiger partial charge >= 0.3 is 0 Å². The van der Waals surface area contributed by atoms with E-state index in [4.69, 9.17) is 0 Å². The Labute approximate surface area is 91.7 Å². The van der Waals surface area contributed by atoms with Crippen molar-refractivity contribution in [1.82, 2.24) is 5.32 Å². The molecule has 0 bridgehead atoms. The van der Waals surface area contributed by atoms with Crippen LogP contribution < -0.4 is 5.32 Å². The standard InChI is InChI=1S/C13H20FN/c1-3-5-10-15-13(4-2)11-8-6-7-9-12(11)14/h6-9,13,15H,3-5,10H2,1-2H3. The highest BCUT2D eigenvalue weighted by Crippen LogP contribution is 2.19. The van der Waals surface area contributed by atoms with Crippen LogP contribution in [0.4, 0.5) is 4.39 Å². The monoisotopic (exact) mass is 209 g/mol. The first-order valence-electron chi connectivity index (χ1n) is 5.77. The molecule has 0 heterocycles. The van der Waals surface area contributed by atoms with Gasteiger partial charge in [-0.15, -0.1) is 0 Å². The number of hydrogen-bond acceptors (Lipinski definition) is 1. The minimum absolute atomic E-state index is 0.103. The zero-order valence-electron chi connectivity index (χ0n) is 9.59. The summed E-state index contributed by atoms with van der Waals surface area (Å²) in [4.78, 5) is 0. The van der Waals surface area contributed by atoms with Crippen LogP contribution in [0.25, 0.3) is 0 Å². The van der Waals surface area contributed by atoms with Gasteiger partial charge in [0.25, 0.3) is 0 Å². The second kappa shape index (κ2) is 6.57. The largest absolute Gasteiger partial charge is 0.310 e. The summed E-state index contributed by atoms with van der Waals surface area (Å²) in [5, 5.41) is 3.39. The molecule has 0 saturated heterocycles. The van der Waals surface area contributed by atoms with Gasteiger partial charge in [-0.3, -0.25) is 0 Å². The first-order valence-corrected chi connectivity index (χ1v) is 5.77. The molecule has 0 aliphatic carbocycles. The van der Waals surface area contributed by atoms with Gasteiger partial charge in [0.15, 0.2) is 0 Å². The maximum absolute atomic E-state index is 13.5. The van der Waals surface area contributed by atoms with Crippen LogP contribution in [0, 0.1) is 5.82 Å². The average molecular weight is 209 g/mol. The molecule has 0 amide bonds. The fraction of sp³-hybridized carbons (Fsp3) is 0.538. The highest BCUT2D eigenvalue weighted by Gasteiger charge is 2.11. The van der Waals surface area contributed by atoms with Crippen molar-refractivity contribution in [3.8, 4) is 0 Å². The van der Waals surface area contributed by atoms with Gasteiger partial charge in [0.1, 0.15) is 5.82 Å². The number of unbranched alkanes of at least 4 members (excludes halogenated alkanes) is 1. The third kappa shape index (κ3) is 3.63. The van der Waals surface area contributed by atoms with Crippen molar-refractivity contribution in [2.75, 3.05) is 6.54 Å². The maximum atomic E-state index is 13.5. The van der Waals surface area contributed by atoms with E-state index in [1.165, 1.54) is 12.5 Å². The molecular weight excluding hydrogens is 189 g/mol. The van der Waals surface area contributed by atoms with E-state index in [2.05, 4.69) is 19.2 Å². The van der Waals surface area contributed by atoms with Crippen molar-refractivity contribution < 1.29 is 4.39 Å². The van der Waals surface area contributed by atoms with Crippen molar-refractivity contribution in [3.05, 3.63) is 35.6 Å². The van der Waals surface area contributed by atoms with Crippen LogP contribution in [0.3, 0.4) is 0 Å². The molecule has 2 heteroatoms. The Bertz CT molecular complexity index is 286. The molecule has 0 spiro atoms. The van der Waals surface area contributed by atoms with E-state index in [9.17, 15) is 4.39 Å². The summed E-state index contributed by atoms with van der Waals surface area (Å²) in [5.41, 5.74) is 0.788. The van der Waals surface area contributed by atoms with Gasteiger partial charge in [-0.2, -0.15) is 0 Å². The lowest BCUT2D eigenvalue weighted by Crippen LogP contribution is -2.22. The number of benzene rings is 1. The predicted molar refractivity (Wildman–Crippen MR) is 62.3 cm³/mol. The normalized spacial score (nSPS) is 12.7. The van der Waals surface area contributed by atoms with Gasteiger partial charge in [0.2, 0.25) is 0 Å². The van der Waals surface area contributed by atoms with Crippen LogP contribution in [0.5, 0.6) is 0 Å². The topological polar surface area (TPSA) is 12.0 Å². The summed E-state index contributed by atoms with van der Waals surface area (Å²) in [6, 6.07) is 7.17. The van der Waals surface area contributed by atoms with E-state index in [0.29, 0.717) is 0 Å². The van der Waals surface area contributed by atoms with E-state index in [1.54, 1.807) is 6.07 Å². The Hall–Kier alpha value is -0.890. The zero-order valence-corrected chi connectivity index (χ0v) is 9.59. The van der Waals surface area contributed by atoms with Crippen molar-refractivity contribution in [1.29, 1.82) is 0 Å². The molecule has 1 aromatic carbocycles. The smallest absolute Gasteiger partial charge is 0.127 e. The van der Waals surface area contributed by atoms with E-state index in [0.717, 1.165) is 24.9 Å². The summed E-state index contributed by atoms with van der Waals surface area (Å²) in [6.45, 7) is 5.20. The Morgan fingerprint density at radius 2 is 2.00 bits per heavy atom. The zero-order chi connectivity index (χ0) is 11.1. The van der Waals surface area contributed by atoms with Crippen LogP contribution >= 0.6 is 0 Å². The van der Waals surface area contributed by atoms with Crippen LogP contribution in [0.2, 0.25) is 0 Å². The SMILES string of the molecule is CCCCNC(CC)c1ccccc1F. The van der Waals surface area contributed by atoms with E-state index >= 15 is 0 Å². The molecule has 0 aliphatic heterocycles. The average Bonchev–Trinajstić information content (AvgIpc) is 2.26. The number of halogens is 1. The van der Waals surface area contributed by atoms with Crippen LogP contribution in [-0.2, 0) is 0 Å². The lowest BCUT2D eigenvalue weighted by Gasteiger charge is -2.17. The lowest BCUT2D eigenvalue weighted by atomic mass is 10.0. The molecule has 1 rings (SSSR count). The van der Waals surface area contributed by atoms with E-state index in [-0.39, 0.29) is 11.9 Å². The Morgan fingerprint density at radius 3 is 2.60 bits per heavy atom.